The largest absolute Gasteiger partial charge is 0.467 e. The highest BCUT2D eigenvalue weighted by atomic mass is 16.3. The minimum Gasteiger partial charge on any atom is -0.467 e. The van der Waals surface area contributed by atoms with Crippen molar-refractivity contribution in [3.05, 3.63) is 88.9 Å². The molecule has 0 saturated heterocycles. The van der Waals surface area contributed by atoms with Gasteiger partial charge >= 0.3 is 0 Å². The Morgan fingerprint density at radius 2 is 1.62 bits per heavy atom. The van der Waals surface area contributed by atoms with Gasteiger partial charge in [0.15, 0.2) is 0 Å². The van der Waals surface area contributed by atoms with Crippen molar-refractivity contribution in [2.75, 3.05) is 5.32 Å². The predicted octanol–water partition coefficient (Wildman–Crippen LogP) is 4.08. The van der Waals surface area contributed by atoms with Gasteiger partial charge in [-0.3, -0.25) is 9.59 Å². The van der Waals surface area contributed by atoms with Crippen LogP contribution >= 0.6 is 0 Å². The molecular formula is C21H20N2O3. The fourth-order valence-electron chi connectivity index (χ4n) is 2.52. The summed E-state index contributed by atoms with van der Waals surface area (Å²) >= 11 is 0. The smallest absolute Gasteiger partial charge is 0.255 e. The van der Waals surface area contributed by atoms with Crippen molar-refractivity contribution in [2.45, 2.75) is 20.4 Å². The summed E-state index contributed by atoms with van der Waals surface area (Å²) in [7, 11) is 0. The number of anilines is 1. The average Bonchev–Trinajstić information content (AvgIpc) is 3.16. The molecule has 0 radical (unpaired) electrons. The molecule has 3 aromatic rings. The molecule has 1 heterocycles. The van der Waals surface area contributed by atoms with Gasteiger partial charge < -0.3 is 15.1 Å². The van der Waals surface area contributed by atoms with Gasteiger partial charge in [0.05, 0.1) is 12.8 Å². The van der Waals surface area contributed by atoms with Crippen LogP contribution in [0.1, 0.15) is 37.6 Å². The van der Waals surface area contributed by atoms with Crippen molar-refractivity contribution < 1.29 is 14.0 Å². The maximum absolute atomic E-state index is 12.4. The summed E-state index contributed by atoms with van der Waals surface area (Å²) in [6, 6.07) is 16.0. The number of hydrogen-bond donors (Lipinski definition) is 2. The lowest BCUT2D eigenvalue weighted by atomic mass is 10.1. The number of aryl methyl sites for hydroxylation is 2. The second-order valence-electron chi connectivity index (χ2n) is 6.11. The zero-order valence-electron chi connectivity index (χ0n) is 14.7. The quantitative estimate of drug-likeness (QED) is 0.730. The van der Waals surface area contributed by atoms with Gasteiger partial charge in [0, 0.05) is 16.8 Å². The molecule has 2 aromatic carbocycles. The van der Waals surface area contributed by atoms with Gasteiger partial charge in [0.1, 0.15) is 5.76 Å². The molecule has 132 valence electrons. The van der Waals surface area contributed by atoms with E-state index in [1.807, 2.05) is 32.0 Å². The first-order chi connectivity index (χ1) is 12.5. The Kier molecular flexibility index (Phi) is 5.17. The molecule has 5 nitrogen and oxygen atoms in total. The van der Waals surface area contributed by atoms with Crippen molar-refractivity contribution >= 4 is 17.5 Å². The number of nitrogens with one attached hydrogen (secondary N) is 2. The van der Waals surface area contributed by atoms with E-state index < -0.39 is 0 Å². The van der Waals surface area contributed by atoms with E-state index >= 15 is 0 Å². The lowest BCUT2D eigenvalue weighted by Crippen LogP contribution is -2.22. The third-order valence-electron chi connectivity index (χ3n) is 4.05. The molecular weight excluding hydrogens is 328 g/mol. The standard InChI is InChI=1S/C21H20N2O3/c1-14-5-6-15(2)19(12-14)23-21(25)17-9-7-16(8-10-17)20(24)22-13-18-4-3-11-26-18/h3-12H,13H2,1-2H3,(H,22,24)(H,23,25). The molecule has 0 bridgehead atoms. The fraction of sp³-hybridized carbons (Fsp3) is 0.143. The van der Waals surface area contributed by atoms with Gasteiger partial charge in [0.2, 0.25) is 0 Å². The summed E-state index contributed by atoms with van der Waals surface area (Å²) in [6.07, 6.45) is 1.56. The summed E-state index contributed by atoms with van der Waals surface area (Å²) in [4.78, 5) is 24.6. The number of hydrogen-bond acceptors (Lipinski definition) is 3. The summed E-state index contributed by atoms with van der Waals surface area (Å²) < 4.78 is 5.18. The van der Waals surface area contributed by atoms with E-state index in [-0.39, 0.29) is 11.8 Å². The maximum Gasteiger partial charge on any atom is 0.255 e. The van der Waals surface area contributed by atoms with Crippen LogP contribution in [0.2, 0.25) is 0 Å². The molecule has 0 saturated carbocycles. The van der Waals surface area contributed by atoms with E-state index in [2.05, 4.69) is 10.6 Å². The van der Waals surface area contributed by atoms with Gasteiger partial charge in [0.25, 0.3) is 11.8 Å². The van der Waals surface area contributed by atoms with Crippen LogP contribution in [0.15, 0.2) is 65.3 Å². The molecule has 0 unspecified atom stereocenters. The number of benzene rings is 2. The first kappa shape index (κ1) is 17.5. The highest BCUT2D eigenvalue weighted by Crippen LogP contribution is 2.17. The Morgan fingerprint density at radius 3 is 2.27 bits per heavy atom. The second kappa shape index (κ2) is 7.70. The van der Waals surface area contributed by atoms with Crippen molar-refractivity contribution in [2.24, 2.45) is 0 Å². The van der Waals surface area contributed by atoms with Crippen molar-refractivity contribution in [1.82, 2.24) is 5.32 Å². The minimum atomic E-state index is -0.220. The lowest BCUT2D eigenvalue weighted by molar-refractivity contribution is 0.0946. The van der Waals surface area contributed by atoms with Crippen LogP contribution in [-0.2, 0) is 6.54 Å². The molecule has 0 fully saturated rings. The maximum atomic E-state index is 12.4. The number of carbonyl (C=O) groups is 2. The van der Waals surface area contributed by atoms with Crippen LogP contribution in [-0.4, -0.2) is 11.8 Å². The zero-order chi connectivity index (χ0) is 18.5. The van der Waals surface area contributed by atoms with Crippen molar-refractivity contribution in [3.63, 3.8) is 0 Å². The molecule has 0 aliphatic heterocycles. The van der Waals surface area contributed by atoms with Crippen LogP contribution in [0.25, 0.3) is 0 Å². The highest BCUT2D eigenvalue weighted by molar-refractivity contribution is 6.05. The summed E-state index contributed by atoms with van der Waals surface area (Å²) in [5.41, 5.74) is 3.84. The topological polar surface area (TPSA) is 71.3 Å². The highest BCUT2D eigenvalue weighted by Gasteiger charge is 2.10. The molecule has 0 spiro atoms. The van der Waals surface area contributed by atoms with E-state index in [1.54, 1.807) is 42.7 Å². The van der Waals surface area contributed by atoms with Gasteiger partial charge in [-0.1, -0.05) is 12.1 Å². The molecule has 0 aliphatic rings. The minimum absolute atomic E-state index is 0.207. The van der Waals surface area contributed by atoms with E-state index in [0.29, 0.717) is 23.4 Å². The normalized spacial score (nSPS) is 10.4. The van der Waals surface area contributed by atoms with Crippen LogP contribution in [0.5, 0.6) is 0 Å². The van der Waals surface area contributed by atoms with E-state index in [1.165, 1.54) is 0 Å². The van der Waals surface area contributed by atoms with E-state index in [0.717, 1.165) is 16.8 Å². The molecule has 5 heteroatoms. The molecule has 0 aliphatic carbocycles. The van der Waals surface area contributed by atoms with Crippen LogP contribution in [0.4, 0.5) is 5.69 Å². The van der Waals surface area contributed by atoms with Crippen molar-refractivity contribution in [3.8, 4) is 0 Å². The molecule has 0 atom stereocenters. The van der Waals surface area contributed by atoms with Gasteiger partial charge in [-0.05, 0) is 67.4 Å². The van der Waals surface area contributed by atoms with Gasteiger partial charge in [-0.2, -0.15) is 0 Å². The van der Waals surface area contributed by atoms with E-state index in [4.69, 9.17) is 4.42 Å². The summed E-state index contributed by atoms with van der Waals surface area (Å²) in [5.74, 6) is 0.256. The summed E-state index contributed by atoms with van der Waals surface area (Å²) in [6.45, 7) is 4.24. The fourth-order valence-corrected chi connectivity index (χ4v) is 2.52. The molecule has 1 aromatic heterocycles. The SMILES string of the molecule is Cc1ccc(C)c(NC(=O)c2ccc(C(=O)NCc3ccco3)cc2)c1. The number of amides is 2. The van der Waals surface area contributed by atoms with Gasteiger partial charge in [-0.25, -0.2) is 0 Å². The first-order valence-corrected chi connectivity index (χ1v) is 8.32. The predicted molar refractivity (Wildman–Crippen MR) is 100 cm³/mol. The monoisotopic (exact) mass is 348 g/mol. The molecule has 2 amide bonds. The molecule has 3 rings (SSSR count). The Labute approximate surface area is 152 Å². The second-order valence-corrected chi connectivity index (χ2v) is 6.11. The molecule has 2 N–H and O–H groups in total. The van der Waals surface area contributed by atoms with Crippen LogP contribution in [0, 0.1) is 13.8 Å². The molecule has 26 heavy (non-hydrogen) atoms. The Hall–Kier alpha value is -3.34. The Bertz CT molecular complexity index is 913. The lowest BCUT2D eigenvalue weighted by Gasteiger charge is -2.10. The Balaban J connectivity index is 1.63. The third-order valence-corrected chi connectivity index (χ3v) is 4.05. The average molecular weight is 348 g/mol. The first-order valence-electron chi connectivity index (χ1n) is 8.32. The Morgan fingerprint density at radius 1 is 0.923 bits per heavy atom. The van der Waals surface area contributed by atoms with Crippen LogP contribution < -0.4 is 10.6 Å². The van der Waals surface area contributed by atoms with Gasteiger partial charge in [-0.15, -0.1) is 0 Å². The van der Waals surface area contributed by atoms with Crippen molar-refractivity contribution in [1.29, 1.82) is 0 Å². The number of carbonyl (C=O) groups excluding carboxylic acids is 2. The third kappa shape index (κ3) is 4.19. The summed E-state index contributed by atoms with van der Waals surface area (Å²) in [5, 5.41) is 5.68. The van der Waals surface area contributed by atoms with Crippen LogP contribution in [0.3, 0.4) is 0 Å². The zero-order valence-corrected chi connectivity index (χ0v) is 14.7. The number of rotatable bonds is 5. The number of furan rings is 1. The van der Waals surface area contributed by atoms with E-state index in [9.17, 15) is 9.59 Å².